The maximum Gasteiger partial charge on any atom is 0.181 e. The number of rotatable bonds is 2. The average molecular weight is 340 g/mol. The second-order valence-corrected chi connectivity index (χ2v) is 8.94. The van der Waals surface area contributed by atoms with Gasteiger partial charge in [0, 0.05) is 11.3 Å². The average Bonchev–Trinajstić information content (AvgIpc) is 2.93. The molecule has 1 unspecified atom stereocenters. The van der Waals surface area contributed by atoms with Gasteiger partial charge < -0.3 is 5.11 Å². The summed E-state index contributed by atoms with van der Waals surface area (Å²) in [5.74, 6) is 1.17. The predicted octanol–water partition coefficient (Wildman–Crippen LogP) is 3.78. The van der Waals surface area contributed by atoms with Crippen molar-refractivity contribution >= 4 is 11.6 Å². The molecule has 25 heavy (non-hydrogen) atoms. The molecule has 0 bridgehead atoms. The number of hydrogen-bond acceptors (Lipinski definition) is 3. The van der Waals surface area contributed by atoms with Crippen molar-refractivity contribution in [2.75, 3.05) is 6.61 Å². The highest BCUT2D eigenvalue weighted by Gasteiger charge is 2.56. The van der Waals surface area contributed by atoms with E-state index < -0.39 is 0 Å². The van der Waals surface area contributed by atoms with E-state index in [-0.39, 0.29) is 34.9 Å². The van der Waals surface area contributed by atoms with Gasteiger partial charge in [-0.15, -0.1) is 0 Å². The molecule has 0 aromatic carbocycles. The van der Waals surface area contributed by atoms with E-state index >= 15 is 0 Å². The number of fused-ring (bicyclic) bond motifs is 5. The van der Waals surface area contributed by atoms with Crippen LogP contribution in [0.1, 0.15) is 52.9 Å². The van der Waals surface area contributed by atoms with E-state index in [1.807, 2.05) is 13.0 Å². The molecule has 4 aliphatic carbocycles. The molecule has 0 radical (unpaired) electrons. The third kappa shape index (κ3) is 2.21. The molecule has 2 fully saturated rings. The third-order valence-corrected chi connectivity index (χ3v) is 7.79. The Bertz CT molecular complexity index is 740. The van der Waals surface area contributed by atoms with E-state index in [0.717, 1.165) is 37.7 Å². The summed E-state index contributed by atoms with van der Waals surface area (Å²) in [7, 11) is 0. The highest BCUT2D eigenvalue weighted by atomic mass is 16.3. The van der Waals surface area contributed by atoms with Gasteiger partial charge in [-0.3, -0.25) is 9.59 Å². The quantitative estimate of drug-likeness (QED) is 0.778. The molecular weight excluding hydrogens is 312 g/mol. The SMILES string of the molecule is CC1=C[C@@]2(C)C(=CC1=O)CC[C@@H]1C2=CC[C@]2(C)C(C(=O)CO)CC[C@@H]12. The first kappa shape index (κ1) is 17.0. The lowest BCUT2D eigenvalue weighted by molar-refractivity contribution is -0.129. The van der Waals surface area contributed by atoms with Crippen LogP contribution in [0.15, 0.2) is 34.9 Å². The lowest BCUT2D eigenvalue weighted by atomic mass is 9.52. The van der Waals surface area contributed by atoms with Crippen LogP contribution in [0.5, 0.6) is 0 Å². The molecule has 0 spiro atoms. The van der Waals surface area contributed by atoms with Gasteiger partial charge in [0.2, 0.25) is 0 Å². The summed E-state index contributed by atoms with van der Waals surface area (Å²) in [6, 6.07) is 0. The molecule has 0 heterocycles. The largest absolute Gasteiger partial charge is 0.389 e. The minimum Gasteiger partial charge on any atom is -0.389 e. The first-order chi connectivity index (χ1) is 11.8. The molecule has 2 saturated carbocycles. The fourth-order valence-corrected chi connectivity index (χ4v) is 6.44. The zero-order chi connectivity index (χ0) is 18.0. The minimum atomic E-state index is -0.330. The molecule has 0 amide bonds. The molecule has 1 N–H and O–H groups in total. The number of Topliss-reactive ketones (excluding diaryl/α,β-unsaturated/α-hetero) is 1. The number of allylic oxidation sites excluding steroid dienone is 6. The molecule has 5 atom stereocenters. The first-order valence-electron chi connectivity index (χ1n) is 9.60. The summed E-state index contributed by atoms with van der Waals surface area (Å²) in [5.41, 5.74) is 3.43. The first-order valence-corrected chi connectivity index (χ1v) is 9.60. The van der Waals surface area contributed by atoms with E-state index in [1.54, 1.807) is 0 Å². The Hall–Kier alpha value is -1.48. The summed E-state index contributed by atoms with van der Waals surface area (Å²) in [5, 5.41) is 9.37. The molecule has 3 nitrogen and oxygen atoms in total. The smallest absolute Gasteiger partial charge is 0.181 e. The fraction of sp³-hybridized carbons (Fsp3) is 0.636. The van der Waals surface area contributed by atoms with Crippen molar-refractivity contribution in [1.82, 2.24) is 0 Å². The van der Waals surface area contributed by atoms with Crippen LogP contribution in [0.2, 0.25) is 0 Å². The number of hydrogen-bond donors (Lipinski definition) is 1. The molecule has 0 aromatic heterocycles. The van der Waals surface area contributed by atoms with Crippen LogP contribution >= 0.6 is 0 Å². The van der Waals surface area contributed by atoms with Gasteiger partial charge in [-0.2, -0.15) is 0 Å². The normalized spacial score (nSPS) is 42.6. The van der Waals surface area contributed by atoms with Crippen LogP contribution in [-0.4, -0.2) is 23.3 Å². The lowest BCUT2D eigenvalue weighted by Gasteiger charge is -2.52. The zero-order valence-electron chi connectivity index (χ0n) is 15.5. The van der Waals surface area contributed by atoms with Crippen LogP contribution in [0, 0.1) is 28.6 Å². The monoisotopic (exact) mass is 340 g/mol. The van der Waals surface area contributed by atoms with Crippen molar-refractivity contribution < 1.29 is 14.7 Å². The van der Waals surface area contributed by atoms with Crippen molar-refractivity contribution in [1.29, 1.82) is 0 Å². The Kier molecular flexibility index (Phi) is 3.74. The highest BCUT2D eigenvalue weighted by molar-refractivity contribution is 6.05. The topological polar surface area (TPSA) is 54.4 Å². The Balaban J connectivity index is 1.75. The molecule has 0 aliphatic heterocycles. The van der Waals surface area contributed by atoms with Gasteiger partial charge in [0.15, 0.2) is 11.6 Å². The van der Waals surface area contributed by atoms with E-state index in [2.05, 4.69) is 26.0 Å². The molecule has 134 valence electrons. The van der Waals surface area contributed by atoms with Gasteiger partial charge in [0.25, 0.3) is 0 Å². The summed E-state index contributed by atoms with van der Waals surface area (Å²) >= 11 is 0. The van der Waals surface area contributed by atoms with Crippen molar-refractivity contribution in [2.24, 2.45) is 28.6 Å². The van der Waals surface area contributed by atoms with Crippen LogP contribution in [0.25, 0.3) is 0 Å². The van der Waals surface area contributed by atoms with Gasteiger partial charge in [-0.25, -0.2) is 0 Å². The second-order valence-electron chi connectivity index (χ2n) is 8.94. The number of aliphatic hydroxyl groups excluding tert-OH is 1. The Labute approximate surface area is 149 Å². The zero-order valence-corrected chi connectivity index (χ0v) is 15.5. The summed E-state index contributed by atoms with van der Waals surface area (Å²) < 4.78 is 0. The summed E-state index contributed by atoms with van der Waals surface area (Å²) in [6.45, 7) is 6.11. The lowest BCUT2D eigenvalue weighted by Crippen LogP contribution is -2.45. The van der Waals surface area contributed by atoms with Crippen LogP contribution < -0.4 is 0 Å². The van der Waals surface area contributed by atoms with Crippen molar-refractivity contribution in [2.45, 2.75) is 52.9 Å². The Morgan fingerprint density at radius 2 is 2.04 bits per heavy atom. The van der Waals surface area contributed by atoms with Crippen molar-refractivity contribution in [3.05, 3.63) is 34.9 Å². The second kappa shape index (κ2) is 5.51. The van der Waals surface area contributed by atoms with Gasteiger partial charge in [-0.05, 0) is 74.9 Å². The van der Waals surface area contributed by atoms with Crippen molar-refractivity contribution in [3.63, 3.8) is 0 Å². The fourth-order valence-electron chi connectivity index (χ4n) is 6.44. The van der Waals surface area contributed by atoms with E-state index in [0.29, 0.717) is 11.8 Å². The van der Waals surface area contributed by atoms with Crippen LogP contribution in [-0.2, 0) is 9.59 Å². The van der Waals surface area contributed by atoms with Crippen LogP contribution in [0.4, 0.5) is 0 Å². The molecule has 0 aromatic rings. The minimum absolute atomic E-state index is 0.00439. The molecule has 4 rings (SSSR count). The predicted molar refractivity (Wildman–Crippen MR) is 96.8 cm³/mol. The molecule has 3 heteroatoms. The Morgan fingerprint density at radius 3 is 2.76 bits per heavy atom. The molecule has 0 saturated heterocycles. The Morgan fingerprint density at radius 1 is 1.28 bits per heavy atom. The van der Waals surface area contributed by atoms with Gasteiger partial charge in [0.1, 0.15) is 6.61 Å². The van der Waals surface area contributed by atoms with Crippen molar-refractivity contribution in [3.8, 4) is 0 Å². The van der Waals surface area contributed by atoms with Gasteiger partial charge >= 0.3 is 0 Å². The van der Waals surface area contributed by atoms with Gasteiger partial charge in [0.05, 0.1) is 0 Å². The maximum atomic E-state index is 12.3. The summed E-state index contributed by atoms with van der Waals surface area (Å²) in [4.78, 5) is 24.4. The summed E-state index contributed by atoms with van der Waals surface area (Å²) in [6.07, 6.45) is 11.4. The third-order valence-electron chi connectivity index (χ3n) is 7.79. The molecule has 4 aliphatic rings. The number of carbonyl (C=O) groups excluding carboxylic acids is 2. The van der Waals surface area contributed by atoms with E-state index in [9.17, 15) is 14.7 Å². The van der Waals surface area contributed by atoms with E-state index in [1.165, 1.54) is 11.1 Å². The standard InChI is InChI=1S/C22H28O3/c1-13-11-22(3)14(10-19(13)24)4-5-15-16-6-7-18(20(25)12-23)21(16,2)9-8-17(15)22/h8,10-11,15-16,18,23H,4-7,9,12H2,1-3H3/t15-,16-,18?,21-,22-/m0/s1. The maximum absolute atomic E-state index is 12.3. The number of aliphatic hydroxyl groups is 1. The highest BCUT2D eigenvalue weighted by Crippen LogP contribution is 2.64. The van der Waals surface area contributed by atoms with Crippen LogP contribution in [0.3, 0.4) is 0 Å². The van der Waals surface area contributed by atoms with E-state index in [4.69, 9.17) is 0 Å². The van der Waals surface area contributed by atoms with Gasteiger partial charge in [-0.1, -0.05) is 30.2 Å². The number of carbonyl (C=O) groups is 2. The molecular formula is C22H28O3. The number of ketones is 2.